The highest BCUT2D eigenvalue weighted by Gasteiger charge is 2.12. The molecule has 0 radical (unpaired) electrons. The lowest BCUT2D eigenvalue weighted by Gasteiger charge is -2.12. The number of hydrogen-bond donors (Lipinski definition) is 2. The first-order valence-electron chi connectivity index (χ1n) is 9.45. The molecule has 3 aromatic rings. The van der Waals surface area contributed by atoms with E-state index in [1.807, 2.05) is 32.0 Å². The zero-order chi connectivity index (χ0) is 22.4. The molecule has 31 heavy (non-hydrogen) atoms. The van der Waals surface area contributed by atoms with Crippen LogP contribution in [0.4, 0.5) is 0 Å². The summed E-state index contributed by atoms with van der Waals surface area (Å²) < 4.78 is 5.63. The second kappa shape index (κ2) is 10.2. The highest BCUT2D eigenvalue weighted by Crippen LogP contribution is 2.34. The second-order valence-corrected chi connectivity index (χ2v) is 7.88. The van der Waals surface area contributed by atoms with Gasteiger partial charge < -0.3 is 9.72 Å². The average molecular weight is 459 g/mol. The van der Waals surface area contributed by atoms with E-state index in [0.29, 0.717) is 39.6 Å². The Morgan fingerprint density at radius 2 is 1.87 bits per heavy atom. The minimum atomic E-state index is -0.633. The topological polar surface area (TPSA) is 96.4 Å². The highest BCUT2D eigenvalue weighted by molar-refractivity contribution is 6.37. The van der Waals surface area contributed by atoms with E-state index in [1.54, 1.807) is 24.3 Å². The SMILES string of the molecule is CC(C)COc1c(Cl)cc(/C=N/NC(=O)c2cc(-c3ccccc3)nc(=O)[nH]2)cc1Cl. The summed E-state index contributed by atoms with van der Waals surface area (Å²) in [6.07, 6.45) is 1.39. The number of amides is 1. The third kappa shape index (κ3) is 6.16. The van der Waals surface area contributed by atoms with E-state index in [9.17, 15) is 9.59 Å². The molecule has 0 spiro atoms. The van der Waals surface area contributed by atoms with E-state index in [0.717, 1.165) is 5.56 Å². The first kappa shape index (κ1) is 22.5. The maximum absolute atomic E-state index is 12.4. The molecule has 1 heterocycles. The van der Waals surface area contributed by atoms with Gasteiger partial charge in [0.2, 0.25) is 0 Å². The van der Waals surface area contributed by atoms with E-state index in [4.69, 9.17) is 27.9 Å². The third-order valence-corrected chi connectivity index (χ3v) is 4.58. The summed E-state index contributed by atoms with van der Waals surface area (Å²) in [4.78, 5) is 30.6. The van der Waals surface area contributed by atoms with Crippen LogP contribution in [0.5, 0.6) is 5.75 Å². The van der Waals surface area contributed by atoms with Crippen molar-refractivity contribution in [2.45, 2.75) is 13.8 Å². The summed E-state index contributed by atoms with van der Waals surface area (Å²) in [5.74, 6) is 0.133. The Morgan fingerprint density at radius 3 is 2.52 bits per heavy atom. The third-order valence-electron chi connectivity index (χ3n) is 4.02. The molecule has 0 atom stereocenters. The quantitative estimate of drug-likeness (QED) is 0.401. The first-order valence-corrected chi connectivity index (χ1v) is 10.2. The van der Waals surface area contributed by atoms with Crippen LogP contribution in [0.3, 0.4) is 0 Å². The van der Waals surface area contributed by atoms with E-state index in [-0.39, 0.29) is 5.69 Å². The summed E-state index contributed by atoms with van der Waals surface area (Å²) in [5.41, 5.74) is 3.43. The summed E-state index contributed by atoms with van der Waals surface area (Å²) >= 11 is 12.5. The van der Waals surface area contributed by atoms with Gasteiger partial charge in [0, 0.05) is 5.56 Å². The molecular formula is C22H20Cl2N4O3. The summed E-state index contributed by atoms with van der Waals surface area (Å²) in [6.45, 7) is 4.52. The molecular weight excluding hydrogens is 439 g/mol. The second-order valence-electron chi connectivity index (χ2n) is 7.07. The van der Waals surface area contributed by atoms with Crippen LogP contribution in [-0.4, -0.2) is 28.7 Å². The van der Waals surface area contributed by atoms with Crippen molar-refractivity contribution in [2.75, 3.05) is 6.61 Å². The highest BCUT2D eigenvalue weighted by atomic mass is 35.5. The monoisotopic (exact) mass is 458 g/mol. The summed E-state index contributed by atoms with van der Waals surface area (Å²) in [6, 6.07) is 13.8. The van der Waals surface area contributed by atoms with Gasteiger partial charge in [0.1, 0.15) is 5.69 Å². The number of carbonyl (C=O) groups excluding carboxylic acids is 1. The molecule has 0 unspecified atom stereocenters. The van der Waals surface area contributed by atoms with E-state index in [2.05, 4.69) is 20.5 Å². The molecule has 0 saturated heterocycles. The number of H-pyrrole nitrogens is 1. The van der Waals surface area contributed by atoms with Gasteiger partial charge >= 0.3 is 5.69 Å². The van der Waals surface area contributed by atoms with Crippen molar-refractivity contribution in [3.8, 4) is 17.0 Å². The molecule has 1 amide bonds. The Balaban J connectivity index is 1.72. The Labute approximate surface area is 189 Å². The zero-order valence-electron chi connectivity index (χ0n) is 16.9. The lowest BCUT2D eigenvalue weighted by Crippen LogP contribution is -2.24. The van der Waals surface area contributed by atoms with Gasteiger partial charge in [0.25, 0.3) is 5.91 Å². The van der Waals surface area contributed by atoms with E-state index >= 15 is 0 Å². The van der Waals surface area contributed by atoms with Gasteiger partial charge in [0.05, 0.1) is 28.6 Å². The van der Waals surface area contributed by atoms with Crippen LogP contribution in [0.15, 0.2) is 58.4 Å². The minimum Gasteiger partial charge on any atom is -0.490 e. The van der Waals surface area contributed by atoms with Crippen molar-refractivity contribution in [1.82, 2.24) is 15.4 Å². The number of nitrogens with one attached hydrogen (secondary N) is 2. The molecule has 2 aromatic carbocycles. The number of aromatic nitrogens is 2. The Bertz CT molecular complexity index is 1140. The predicted octanol–water partition coefficient (Wildman–Crippen LogP) is 4.54. The van der Waals surface area contributed by atoms with Gasteiger partial charge in [-0.3, -0.25) is 4.79 Å². The fourth-order valence-corrected chi connectivity index (χ4v) is 3.22. The van der Waals surface area contributed by atoms with Crippen molar-refractivity contribution >= 4 is 35.3 Å². The number of carbonyl (C=O) groups is 1. The van der Waals surface area contributed by atoms with E-state index < -0.39 is 11.6 Å². The zero-order valence-corrected chi connectivity index (χ0v) is 18.4. The van der Waals surface area contributed by atoms with Crippen molar-refractivity contribution in [3.63, 3.8) is 0 Å². The fourth-order valence-electron chi connectivity index (χ4n) is 2.60. The molecule has 7 nitrogen and oxygen atoms in total. The van der Waals surface area contributed by atoms with Gasteiger partial charge in [-0.15, -0.1) is 0 Å². The van der Waals surface area contributed by atoms with Gasteiger partial charge in [-0.25, -0.2) is 10.2 Å². The van der Waals surface area contributed by atoms with Gasteiger partial charge in [-0.05, 0) is 29.7 Å². The molecule has 0 bridgehead atoms. The average Bonchev–Trinajstić information content (AvgIpc) is 2.73. The number of benzene rings is 2. The molecule has 9 heteroatoms. The summed E-state index contributed by atoms with van der Waals surface area (Å²) in [7, 11) is 0. The lowest BCUT2D eigenvalue weighted by molar-refractivity contribution is 0.0949. The van der Waals surface area contributed by atoms with Crippen molar-refractivity contribution in [1.29, 1.82) is 0 Å². The number of hydrazone groups is 1. The molecule has 0 aliphatic carbocycles. The van der Waals surface area contributed by atoms with Crippen LogP contribution in [-0.2, 0) is 0 Å². The number of halogens is 2. The predicted molar refractivity (Wildman–Crippen MR) is 122 cm³/mol. The lowest BCUT2D eigenvalue weighted by atomic mass is 10.1. The molecule has 0 saturated carbocycles. The maximum Gasteiger partial charge on any atom is 0.346 e. The van der Waals surface area contributed by atoms with Crippen LogP contribution in [0.1, 0.15) is 29.9 Å². The number of ether oxygens (including phenoxy) is 1. The summed E-state index contributed by atoms with van der Waals surface area (Å²) in [5, 5.41) is 4.59. The normalized spacial score (nSPS) is 11.1. The van der Waals surface area contributed by atoms with Crippen LogP contribution in [0, 0.1) is 5.92 Å². The van der Waals surface area contributed by atoms with Crippen LogP contribution in [0.2, 0.25) is 10.0 Å². The van der Waals surface area contributed by atoms with Crippen LogP contribution >= 0.6 is 23.2 Å². The maximum atomic E-state index is 12.4. The van der Waals surface area contributed by atoms with Crippen molar-refractivity contribution in [3.05, 3.63) is 80.3 Å². The number of aromatic amines is 1. The number of nitrogens with zero attached hydrogens (tertiary/aromatic N) is 2. The van der Waals surface area contributed by atoms with Gasteiger partial charge in [-0.1, -0.05) is 67.4 Å². The molecule has 0 aliphatic rings. The molecule has 0 aliphatic heterocycles. The van der Waals surface area contributed by atoms with E-state index in [1.165, 1.54) is 12.3 Å². The van der Waals surface area contributed by atoms with Crippen molar-refractivity contribution < 1.29 is 9.53 Å². The number of hydrogen-bond acceptors (Lipinski definition) is 5. The Morgan fingerprint density at radius 1 is 1.19 bits per heavy atom. The molecule has 1 aromatic heterocycles. The molecule has 2 N–H and O–H groups in total. The van der Waals surface area contributed by atoms with Gasteiger partial charge in [0.15, 0.2) is 5.75 Å². The molecule has 3 rings (SSSR count). The van der Waals surface area contributed by atoms with Crippen LogP contribution < -0.4 is 15.9 Å². The largest absolute Gasteiger partial charge is 0.490 e. The molecule has 160 valence electrons. The Hall–Kier alpha value is -3.16. The Kier molecular flexibility index (Phi) is 7.44. The first-order chi connectivity index (χ1) is 14.8. The van der Waals surface area contributed by atoms with Crippen LogP contribution in [0.25, 0.3) is 11.3 Å². The smallest absolute Gasteiger partial charge is 0.346 e. The van der Waals surface area contributed by atoms with Crippen molar-refractivity contribution in [2.24, 2.45) is 11.0 Å². The minimum absolute atomic E-state index is 0.0319. The standard InChI is InChI=1S/C22H20Cl2N4O3/c1-13(2)12-31-20-16(23)8-14(9-17(20)24)11-25-28-21(29)19-10-18(26-22(30)27-19)15-6-4-3-5-7-15/h3-11,13H,12H2,1-2H3,(H,28,29)(H,26,27,30)/b25-11+. The number of rotatable bonds is 7. The van der Waals surface area contributed by atoms with Gasteiger partial charge in [-0.2, -0.15) is 10.1 Å². The molecule has 0 fully saturated rings. The fraction of sp³-hybridized carbons (Fsp3) is 0.182.